The van der Waals surface area contributed by atoms with E-state index in [4.69, 9.17) is 9.47 Å². The molecule has 1 N–H and O–H groups in total. The smallest absolute Gasteiger partial charge is 0.355 e. The van der Waals surface area contributed by atoms with Crippen LogP contribution >= 0.6 is 0 Å². The zero-order valence-corrected chi connectivity index (χ0v) is 14.6. The first-order valence-electron chi connectivity index (χ1n) is 7.78. The van der Waals surface area contributed by atoms with Crippen LogP contribution in [0, 0.1) is 0 Å². The van der Waals surface area contributed by atoms with E-state index < -0.39 is 11.9 Å². The molecule has 1 aromatic rings. The molecule has 1 aromatic carbocycles. The van der Waals surface area contributed by atoms with E-state index in [0.717, 1.165) is 5.56 Å². The highest BCUT2D eigenvalue weighted by molar-refractivity contribution is 6.05. The number of hydrogen-bond acceptors (Lipinski definition) is 6. The summed E-state index contributed by atoms with van der Waals surface area (Å²) in [4.78, 5) is 25.9. The van der Waals surface area contributed by atoms with Crippen LogP contribution < -0.4 is 4.90 Å². The first-order valence-corrected chi connectivity index (χ1v) is 7.78. The number of carbonyl (C=O) groups is 2. The number of aromatic hydroxyl groups is 1. The molecule has 6 heteroatoms. The number of allylic oxidation sites excluding steroid dienone is 2. The van der Waals surface area contributed by atoms with Crippen LogP contribution in [0.4, 0.5) is 5.69 Å². The quantitative estimate of drug-likeness (QED) is 0.847. The number of esters is 2. The fourth-order valence-electron chi connectivity index (χ4n) is 2.54. The number of carbonyl (C=O) groups excluding carboxylic acids is 2. The van der Waals surface area contributed by atoms with Crippen molar-refractivity contribution in [2.75, 3.05) is 19.1 Å². The van der Waals surface area contributed by atoms with Gasteiger partial charge < -0.3 is 19.5 Å². The number of phenolic OH excluding ortho intramolecular Hbond substituents is 1. The Bertz CT molecular complexity index is 774. The molecule has 25 heavy (non-hydrogen) atoms. The molecule has 132 valence electrons. The number of benzene rings is 1. The van der Waals surface area contributed by atoms with Gasteiger partial charge in [-0.05, 0) is 29.7 Å². The zero-order valence-electron chi connectivity index (χ0n) is 14.6. The summed E-state index contributed by atoms with van der Waals surface area (Å²) in [7, 11) is 2.48. The van der Waals surface area contributed by atoms with Gasteiger partial charge in [-0.15, -0.1) is 0 Å². The van der Waals surface area contributed by atoms with E-state index in [-0.39, 0.29) is 22.9 Å². The van der Waals surface area contributed by atoms with Crippen molar-refractivity contribution in [3.05, 3.63) is 59.5 Å². The second kappa shape index (κ2) is 7.70. The van der Waals surface area contributed by atoms with Gasteiger partial charge in [-0.1, -0.05) is 26.0 Å². The van der Waals surface area contributed by atoms with Crippen LogP contribution in [0.25, 0.3) is 0 Å². The predicted octanol–water partition coefficient (Wildman–Crippen LogP) is 3.01. The van der Waals surface area contributed by atoms with E-state index in [0.29, 0.717) is 5.69 Å². The first kappa shape index (κ1) is 18.3. The summed E-state index contributed by atoms with van der Waals surface area (Å²) in [6.45, 7) is 3.94. The molecule has 0 bridgehead atoms. The van der Waals surface area contributed by atoms with E-state index in [2.05, 4.69) is 0 Å². The van der Waals surface area contributed by atoms with Crippen molar-refractivity contribution in [2.45, 2.75) is 19.8 Å². The van der Waals surface area contributed by atoms with Crippen LogP contribution in [0.3, 0.4) is 0 Å². The van der Waals surface area contributed by atoms with E-state index in [9.17, 15) is 14.7 Å². The maximum Gasteiger partial charge on any atom is 0.355 e. The maximum absolute atomic E-state index is 12.3. The second-order valence-corrected chi connectivity index (χ2v) is 5.71. The molecule has 1 heterocycles. The number of ether oxygens (including phenoxy) is 2. The molecule has 0 fully saturated rings. The number of anilines is 1. The average molecular weight is 343 g/mol. The van der Waals surface area contributed by atoms with Gasteiger partial charge in [0.15, 0.2) is 0 Å². The normalized spacial score (nSPS) is 13.9. The molecule has 0 radical (unpaired) electrons. The van der Waals surface area contributed by atoms with Gasteiger partial charge in [0, 0.05) is 18.0 Å². The lowest BCUT2D eigenvalue weighted by atomic mass is 10.0. The van der Waals surface area contributed by atoms with Crippen LogP contribution in [0.1, 0.15) is 25.3 Å². The van der Waals surface area contributed by atoms with Crippen molar-refractivity contribution < 1.29 is 24.2 Å². The van der Waals surface area contributed by atoms with Crippen LogP contribution in [-0.4, -0.2) is 31.3 Å². The summed E-state index contributed by atoms with van der Waals surface area (Å²) in [6, 6.07) is 5.10. The van der Waals surface area contributed by atoms with Crippen molar-refractivity contribution in [1.29, 1.82) is 0 Å². The van der Waals surface area contributed by atoms with Crippen molar-refractivity contribution in [3.63, 3.8) is 0 Å². The maximum atomic E-state index is 12.3. The molecule has 1 aliphatic heterocycles. The monoisotopic (exact) mass is 343 g/mol. The molecule has 0 aliphatic carbocycles. The third-order valence-corrected chi connectivity index (χ3v) is 3.80. The van der Waals surface area contributed by atoms with Gasteiger partial charge in [-0.25, -0.2) is 9.59 Å². The number of methoxy groups -OCH3 is 2. The second-order valence-electron chi connectivity index (χ2n) is 5.71. The molecule has 2 rings (SSSR count). The highest BCUT2D eigenvalue weighted by Gasteiger charge is 2.27. The molecule has 0 unspecified atom stereocenters. The predicted molar refractivity (Wildman–Crippen MR) is 94.0 cm³/mol. The Labute approximate surface area is 146 Å². The lowest BCUT2D eigenvalue weighted by Gasteiger charge is -2.24. The van der Waals surface area contributed by atoms with E-state index in [1.54, 1.807) is 36.6 Å². The standard InChI is InChI=1S/C19H21NO5/c1-12(2)14-9-8-13(11-16(14)21)20-10-6-5-7-15(18(22)24-3)17(20)19(23)25-4/h5-12,21H,1-4H3. The summed E-state index contributed by atoms with van der Waals surface area (Å²) >= 11 is 0. The molecular weight excluding hydrogens is 322 g/mol. The lowest BCUT2D eigenvalue weighted by molar-refractivity contribution is -0.139. The molecule has 1 aliphatic rings. The molecule has 0 spiro atoms. The van der Waals surface area contributed by atoms with E-state index >= 15 is 0 Å². The zero-order chi connectivity index (χ0) is 18.6. The molecule has 0 saturated carbocycles. The van der Waals surface area contributed by atoms with Crippen LogP contribution in [0.2, 0.25) is 0 Å². The van der Waals surface area contributed by atoms with Crippen molar-refractivity contribution in [2.24, 2.45) is 0 Å². The minimum absolute atomic E-state index is 0.0102. The lowest BCUT2D eigenvalue weighted by Crippen LogP contribution is -2.26. The molecular formula is C19H21NO5. The van der Waals surface area contributed by atoms with Crippen molar-refractivity contribution in [1.82, 2.24) is 0 Å². The Hall–Kier alpha value is -3.02. The summed E-state index contributed by atoms with van der Waals surface area (Å²) in [6.07, 6.45) is 6.39. The van der Waals surface area contributed by atoms with Gasteiger partial charge >= 0.3 is 11.9 Å². The highest BCUT2D eigenvalue weighted by atomic mass is 16.5. The SMILES string of the molecule is COC(=O)C1=C(C(=O)OC)N(c2ccc(C(C)C)c(O)c2)C=CC=C1. The molecule has 0 saturated heterocycles. The molecule has 6 nitrogen and oxygen atoms in total. The van der Waals surface area contributed by atoms with Gasteiger partial charge in [0.05, 0.1) is 19.8 Å². The molecule has 0 atom stereocenters. The highest BCUT2D eigenvalue weighted by Crippen LogP contribution is 2.33. The van der Waals surface area contributed by atoms with Crippen LogP contribution in [0.5, 0.6) is 5.75 Å². The van der Waals surface area contributed by atoms with E-state index in [1.807, 2.05) is 13.8 Å². The van der Waals surface area contributed by atoms with Gasteiger partial charge in [-0.2, -0.15) is 0 Å². The molecule has 0 amide bonds. The van der Waals surface area contributed by atoms with E-state index in [1.165, 1.54) is 25.2 Å². The largest absolute Gasteiger partial charge is 0.508 e. The fraction of sp³-hybridized carbons (Fsp3) is 0.263. The number of nitrogens with zero attached hydrogens (tertiary/aromatic N) is 1. The number of phenols is 1. The number of hydrogen-bond donors (Lipinski definition) is 1. The molecule has 0 aromatic heterocycles. The summed E-state index contributed by atoms with van der Waals surface area (Å²) < 4.78 is 9.61. The summed E-state index contributed by atoms with van der Waals surface area (Å²) in [5.41, 5.74) is 1.38. The van der Waals surface area contributed by atoms with Gasteiger partial charge in [0.1, 0.15) is 11.4 Å². The van der Waals surface area contributed by atoms with Crippen molar-refractivity contribution >= 4 is 17.6 Å². The average Bonchev–Trinajstić information content (AvgIpc) is 2.82. The Kier molecular flexibility index (Phi) is 5.64. The van der Waals surface area contributed by atoms with Crippen LogP contribution in [0.15, 0.2) is 53.9 Å². The van der Waals surface area contributed by atoms with Gasteiger partial charge in [0.25, 0.3) is 0 Å². The number of rotatable bonds is 4. The van der Waals surface area contributed by atoms with Crippen molar-refractivity contribution in [3.8, 4) is 5.75 Å². The van der Waals surface area contributed by atoms with Crippen LogP contribution in [-0.2, 0) is 19.1 Å². The van der Waals surface area contributed by atoms with Gasteiger partial charge in [-0.3, -0.25) is 0 Å². The summed E-state index contributed by atoms with van der Waals surface area (Å²) in [5.74, 6) is -1.09. The summed E-state index contributed by atoms with van der Waals surface area (Å²) in [5, 5.41) is 10.3. The Morgan fingerprint density at radius 3 is 2.32 bits per heavy atom. The third kappa shape index (κ3) is 3.74. The van der Waals surface area contributed by atoms with Gasteiger partial charge in [0.2, 0.25) is 0 Å². The fourth-order valence-corrected chi connectivity index (χ4v) is 2.54. The topological polar surface area (TPSA) is 76.1 Å². The Morgan fingerprint density at radius 2 is 1.76 bits per heavy atom. The minimum Gasteiger partial charge on any atom is -0.508 e. The Balaban J connectivity index is 2.62. The Morgan fingerprint density at radius 1 is 1.08 bits per heavy atom. The minimum atomic E-state index is -0.691. The third-order valence-electron chi connectivity index (χ3n) is 3.80. The first-order chi connectivity index (χ1) is 11.9.